The SMILES string of the molecule is CC(C)(C)OC(=O)N1CCC[C@@H](OC(=O)c2ccc(NC(=O)c3c(OCc4ccccc4)cccc3OCc3ccccc3)cc2)[C@H](NC(=O)c2ccc(O[Si](C)(C)C(C)(C)C)cc2)C1. The monoisotopic (exact) mass is 899 g/mol. The smallest absolute Gasteiger partial charge is 0.410 e. The number of esters is 1. The van der Waals surface area contributed by atoms with Crippen LogP contribution in [-0.4, -0.2) is 67.9 Å². The van der Waals surface area contributed by atoms with Gasteiger partial charge in [0.25, 0.3) is 11.8 Å². The fourth-order valence-corrected chi connectivity index (χ4v) is 7.84. The van der Waals surface area contributed by atoms with Crippen molar-refractivity contribution < 1.29 is 42.6 Å². The van der Waals surface area contributed by atoms with E-state index in [9.17, 15) is 19.2 Å². The molecule has 1 saturated heterocycles. The van der Waals surface area contributed by atoms with Gasteiger partial charge in [-0.25, -0.2) is 9.59 Å². The van der Waals surface area contributed by atoms with Gasteiger partial charge in [-0.05, 0) is 124 Å². The molecule has 3 amide bonds. The van der Waals surface area contributed by atoms with Gasteiger partial charge in [0.2, 0.25) is 8.32 Å². The number of hydrogen-bond acceptors (Lipinski definition) is 9. The van der Waals surface area contributed by atoms with Crippen molar-refractivity contribution in [2.75, 3.05) is 18.4 Å². The highest BCUT2D eigenvalue weighted by atomic mass is 28.4. The maximum absolute atomic E-state index is 14.0. The van der Waals surface area contributed by atoms with Crippen LogP contribution in [0.1, 0.15) is 96.6 Å². The minimum Gasteiger partial charge on any atom is -0.544 e. The van der Waals surface area contributed by atoms with Crippen LogP contribution in [0.25, 0.3) is 0 Å². The molecule has 1 aliphatic heterocycles. The number of ether oxygens (including phenoxy) is 4. The van der Waals surface area contributed by atoms with E-state index in [0.29, 0.717) is 47.9 Å². The number of carbonyl (C=O) groups is 4. The van der Waals surface area contributed by atoms with Crippen molar-refractivity contribution in [2.45, 2.75) is 103 Å². The Hall–Kier alpha value is -6.60. The lowest BCUT2D eigenvalue weighted by Crippen LogP contribution is -2.51. The van der Waals surface area contributed by atoms with Crippen molar-refractivity contribution in [2.24, 2.45) is 0 Å². The maximum Gasteiger partial charge on any atom is 0.410 e. The number of hydrogen-bond donors (Lipinski definition) is 2. The molecule has 342 valence electrons. The maximum atomic E-state index is 14.0. The molecule has 12 nitrogen and oxygen atoms in total. The molecule has 0 radical (unpaired) electrons. The minimum absolute atomic E-state index is 0.00168. The van der Waals surface area contributed by atoms with Crippen LogP contribution in [0.5, 0.6) is 17.2 Å². The van der Waals surface area contributed by atoms with Crippen molar-refractivity contribution >= 4 is 37.9 Å². The molecule has 5 aromatic rings. The predicted molar refractivity (Wildman–Crippen MR) is 254 cm³/mol. The summed E-state index contributed by atoms with van der Waals surface area (Å²) < 4.78 is 30.6. The normalized spacial score (nSPS) is 15.5. The second-order valence-electron chi connectivity index (χ2n) is 18.7. The largest absolute Gasteiger partial charge is 0.544 e. The molecule has 13 heteroatoms. The Morgan fingerprint density at radius 3 is 1.77 bits per heavy atom. The summed E-state index contributed by atoms with van der Waals surface area (Å²) >= 11 is 0. The lowest BCUT2D eigenvalue weighted by molar-refractivity contribution is 0.0127. The summed E-state index contributed by atoms with van der Waals surface area (Å²) in [6.45, 7) is 17.1. The van der Waals surface area contributed by atoms with Crippen LogP contribution in [0, 0.1) is 0 Å². The van der Waals surface area contributed by atoms with Gasteiger partial charge in [-0.1, -0.05) is 87.5 Å². The summed E-state index contributed by atoms with van der Waals surface area (Å²) in [5.41, 5.74) is 2.42. The molecule has 0 bridgehead atoms. The molecule has 2 atom stereocenters. The van der Waals surface area contributed by atoms with E-state index in [0.717, 1.165) is 11.1 Å². The van der Waals surface area contributed by atoms with Crippen molar-refractivity contribution in [3.63, 3.8) is 0 Å². The Labute approximate surface area is 383 Å². The molecule has 0 aliphatic carbocycles. The van der Waals surface area contributed by atoms with E-state index in [1.54, 1.807) is 92.4 Å². The van der Waals surface area contributed by atoms with E-state index in [1.807, 2.05) is 60.7 Å². The Kier molecular flexibility index (Phi) is 15.4. The third-order valence-electron chi connectivity index (χ3n) is 11.4. The second kappa shape index (κ2) is 20.9. The Morgan fingerprint density at radius 1 is 0.677 bits per heavy atom. The Morgan fingerprint density at radius 2 is 1.23 bits per heavy atom. The molecule has 0 aromatic heterocycles. The zero-order valence-electron chi connectivity index (χ0n) is 38.6. The summed E-state index contributed by atoms with van der Waals surface area (Å²) in [5, 5.41) is 5.98. The number of likely N-dealkylation sites (tertiary alicyclic amines) is 1. The van der Waals surface area contributed by atoms with E-state index >= 15 is 0 Å². The highest BCUT2D eigenvalue weighted by Gasteiger charge is 2.39. The third-order valence-corrected chi connectivity index (χ3v) is 15.7. The van der Waals surface area contributed by atoms with Gasteiger partial charge >= 0.3 is 12.1 Å². The van der Waals surface area contributed by atoms with Gasteiger partial charge in [0.1, 0.15) is 47.7 Å². The van der Waals surface area contributed by atoms with Crippen molar-refractivity contribution in [1.82, 2.24) is 10.2 Å². The minimum atomic E-state index is -2.10. The highest BCUT2D eigenvalue weighted by Crippen LogP contribution is 2.37. The second-order valence-corrected chi connectivity index (χ2v) is 23.4. The molecule has 0 spiro atoms. The number of anilines is 1. The summed E-state index contributed by atoms with van der Waals surface area (Å²) in [5.74, 6) is -0.0918. The number of rotatable bonds is 14. The third kappa shape index (κ3) is 13.5. The fraction of sp³-hybridized carbons (Fsp3) is 0.346. The topological polar surface area (TPSA) is 142 Å². The Balaban J connectivity index is 1.16. The van der Waals surface area contributed by atoms with E-state index in [4.69, 9.17) is 23.4 Å². The van der Waals surface area contributed by atoms with Crippen LogP contribution in [0.2, 0.25) is 18.1 Å². The molecular formula is C52H61N3O9Si. The molecule has 1 fully saturated rings. The van der Waals surface area contributed by atoms with E-state index < -0.39 is 44.0 Å². The van der Waals surface area contributed by atoms with Gasteiger partial charge in [0, 0.05) is 24.3 Å². The van der Waals surface area contributed by atoms with Crippen LogP contribution in [0.3, 0.4) is 0 Å². The highest BCUT2D eigenvalue weighted by molar-refractivity contribution is 6.74. The Bertz CT molecular complexity index is 2330. The van der Waals surface area contributed by atoms with E-state index in [1.165, 1.54) is 0 Å². The molecule has 1 aliphatic rings. The molecule has 1 heterocycles. The number of carbonyl (C=O) groups excluding carboxylic acids is 4. The van der Waals surface area contributed by atoms with Gasteiger partial charge in [-0.3, -0.25) is 9.59 Å². The molecule has 2 N–H and O–H groups in total. The molecule has 5 aromatic carbocycles. The van der Waals surface area contributed by atoms with Gasteiger partial charge in [-0.2, -0.15) is 0 Å². The zero-order valence-corrected chi connectivity index (χ0v) is 39.6. The zero-order chi connectivity index (χ0) is 46.8. The first-order valence-corrected chi connectivity index (χ1v) is 24.9. The number of nitrogens with one attached hydrogen (secondary N) is 2. The first-order chi connectivity index (χ1) is 30.8. The molecular weight excluding hydrogens is 839 g/mol. The quantitative estimate of drug-likeness (QED) is 0.0823. The molecule has 6 rings (SSSR count). The van der Waals surface area contributed by atoms with Gasteiger partial charge < -0.3 is 38.9 Å². The number of amides is 3. The van der Waals surface area contributed by atoms with Crippen molar-refractivity contribution in [3.8, 4) is 17.2 Å². The van der Waals surface area contributed by atoms with Crippen LogP contribution in [0.4, 0.5) is 10.5 Å². The summed E-state index contributed by atoms with van der Waals surface area (Å²) in [7, 11) is -2.10. The van der Waals surface area contributed by atoms with Gasteiger partial charge in [0.05, 0.1) is 11.6 Å². The van der Waals surface area contributed by atoms with Crippen LogP contribution in [0.15, 0.2) is 127 Å². The molecule has 0 unspecified atom stereocenters. The van der Waals surface area contributed by atoms with E-state index in [-0.39, 0.29) is 41.8 Å². The average molecular weight is 900 g/mol. The lowest BCUT2D eigenvalue weighted by atomic mass is 10.1. The van der Waals surface area contributed by atoms with Gasteiger partial charge in [0.15, 0.2) is 0 Å². The van der Waals surface area contributed by atoms with Crippen molar-refractivity contribution in [3.05, 3.63) is 155 Å². The first kappa shape index (κ1) is 47.9. The molecule has 65 heavy (non-hydrogen) atoms. The van der Waals surface area contributed by atoms with Crippen LogP contribution in [-0.2, 0) is 22.7 Å². The van der Waals surface area contributed by atoms with Gasteiger partial charge in [-0.15, -0.1) is 0 Å². The summed E-state index contributed by atoms with van der Waals surface area (Å²) in [6, 6.07) is 37.1. The predicted octanol–water partition coefficient (Wildman–Crippen LogP) is 10.8. The van der Waals surface area contributed by atoms with Crippen LogP contribution >= 0.6 is 0 Å². The average Bonchev–Trinajstić information content (AvgIpc) is 3.46. The molecule has 0 saturated carbocycles. The lowest BCUT2D eigenvalue weighted by Gasteiger charge is -2.36. The summed E-state index contributed by atoms with van der Waals surface area (Å²) in [4.78, 5) is 56.5. The first-order valence-electron chi connectivity index (χ1n) is 22.0. The number of benzene rings is 5. The van der Waals surface area contributed by atoms with Crippen molar-refractivity contribution in [1.29, 1.82) is 0 Å². The standard InChI is InChI=1S/C52H61N3O9Si/c1-51(2,3)63-50(59)55-32-16-23-43(42(33-55)54-47(56)38-26-30-41(31-27-38)64-65(7,8)52(4,5)6)62-49(58)39-24-28-40(29-25-39)53-48(57)46-44(60-34-36-17-11-9-12-18-36)21-15-22-45(46)61-35-37-19-13-10-14-20-37/h9-15,17-22,24-31,42-43H,16,23,32-35H2,1-8H3,(H,53,57)(H,54,56)/t42-,43-/m1/s1. The number of nitrogens with zero attached hydrogens (tertiary/aromatic N) is 1. The summed E-state index contributed by atoms with van der Waals surface area (Å²) in [6.07, 6.45) is -0.416. The van der Waals surface area contributed by atoms with Crippen LogP contribution < -0.4 is 24.5 Å². The fourth-order valence-electron chi connectivity index (χ4n) is 6.81. The van der Waals surface area contributed by atoms with E-state index in [2.05, 4.69) is 44.5 Å².